The summed E-state index contributed by atoms with van der Waals surface area (Å²) < 4.78 is 31.8. The van der Waals surface area contributed by atoms with E-state index in [1.807, 2.05) is 18.2 Å². The minimum atomic E-state index is -3.10. The molecule has 0 unspecified atom stereocenters. The number of ether oxygens (including phenoxy) is 1. The molecular weight excluding hydrogens is 547 g/mol. The molecule has 0 amide bonds. The molecule has 154 valence electrons. The lowest BCUT2D eigenvalue weighted by Gasteiger charge is -2.32. The van der Waals surface area contributed by atoms with Gasteiger partial charge in [0.1, 0.15) is 5.75 Å². The number of guanidine groups is 1. The van der Waals surface area contributed by atoms with Crippen LogP contribution in [0.4, 0.5) is 0 Å². The van der Waals surface area contributed by atoms with Crippen LogP contribution in [0.1, 0.15) is 25.3 Å². The van der Waals surface area contributed by atoms with E-state index in [9.17, 15) is 8.42 Å². The molecule has 1 aliphatic rings. The van der Waals surface area contributed by atoms with Gasteiger partial charge in [0, 0.05) is 42.8 Å². The van der Waals surface area contributed by atoms with Crippen LogP contribution in [0.15, 0.2) is 27.7 Å². The van der Waals surface area contributed by atoms with Crippen molar-refractivity contribution in [2.75, 3.05) is 33.0 Å². The van der Waals surface area contributed by atoms with Gasteiger partial charge < -0.3 is 15.4 Å². The highest BCUT2D eigenvalue weighted by atomic mass is 127. The number of nitrogens with one attached hydrogen (secondary N) is 2. The Balaban J connectivity index is 0.00000364. The maximum Gasteiger partial charge on any atom is 0.213 e. The first-order valence-corrected chi connectivity index (χ1v) is 11.1. The summed E-state index contributed by atoms with van der Waals surface area (Å²) in [5.74, 6) is 1.67. The molecule has 0 aliphatic carbocycles. The van der Waals surface area contributed by atoms with Gasteiger partial charge in [-0.05, 0) is 38.0 Å². The highest BCUT2D eigenvalue weighted by Crippen LogP contribution is 2.22. The average molecular weight is 575 g/mol. The summed E-state index contributed by atoms with van der Waals surface area (Å²) in [7, 11) is 0.282. The van der Waals surface area contributed by atoms with Gasteiger partial charge in [-0.3, -0.25) is 4.99 Å². The number of nitrogens with zero attached hydrogens (tertiary/aromatic N) is 2. The number of rotatable bonds is 6. The van der Waals surface area contributed by atoms with Crippen molar-refractivity contribution in [1.29, 1.82) is 0 Å². The third-order valence-electron chi connectivity index (χ3n) is 4.47. The van der Waals surface area contributed by atoms with E-state index < -0.39 is 10.0 Å². The molecule has 1 fully saturated rings. The molecule has 0 bridgehead atoms. The van der Waals surface area contributed by atoms with Crippen molar-refractivity contribution in [3.8, 4) is 5.75 Å². The Kier molecular flexibility index (Phi) is 10.3. The third kappa shape index (κ3) is 7.06. The molecular formula is C17H28BrIN4O3S. The van der Waals surface area contributed by atoms with Crippen molar-refractivity contribution >= 4 is 55.9 Å². The van der Waals surface area contributed by atoms with E-state index in [4.69, 9.17) is 4.74 Å². The lowest BCUT2D eigenvalue weighted by Crippen LogP contribution is -2.49. The monoisotopic (exact) mass is 574 g/mol. The molecule has 0 saturated carbocycles. The van der Waals surface area contributed by atoms with Gasteiger partial charge in [0.2, 0.25) is 10.0 Å². The molecule has 1 aromatic carbocycles. The van der Waals surface area contributed by atoms with Gasteiger partial charge in [0.05, 0.1) is 12.9 Å². The number of hydrogen-bond acceptors (Lipinski definition) is 4. The van der Waals surface area contributed by atoms with E-state index in [-0.39, 0.29) is 35.8 Å². The van der Waals surface area contributed by atoms with Gasteiger partial charge in [-0.25, -0.2) is 12.7 Å². The third-order valence-corrected chi connectivity index (χ3v) is 6.84. The van der Waals surface area contributed by atoms with E-state index in [1.165, 1.54) is 0 Å². The zero-order chi connectivity index (χ0) is 19.2. The molecule has 1 aliphatic heterocycles. The van der Waals surface area contributed by atoms with Crippen LogP contribution in [0.25, 0.3) is 0 Å². The van der Waals surface area contributed by atoms with Crippen molar-refractivity contribution in [2.24, 2.45) is 4.99 Å². The summed E-state index contributed by atoms with van der Waals surface area (Å²) in [5.41, 5.74) is 1.02. The quantitative estimate of drug-likeness (QED) is 0.310. The van der Waals surface area contributed by atoms with Gasteiger partial charge in [-0.2, -0.15) is 0 Å². The van der Waals surface area contributed by atoms with Gasteiger partial charge in [-0.1, -0.05) is 15.9 Å². The first kappa shape index (κ1) is 24.4. The summed E-state index contributed by atoms with van der Waals surface area (Å²) in [6.45, 7) is 3.35. The number of methoxy groups -OCH3 is 1. The zero-order valence-electron chi connectivity index (χ0n) is 15.9. The van der Waals surface area contributed by atoms with E-state index in [2.05, 4.69) is 31.6 Å². The van der Waals surface area contributed by atoms with Crippen LogP contribution in [0.3, 0.4) is 0 Å². The van der Waals surface area contributed by atoms with Crippen LogP contribution >= 0.6 is 39.9 Å². The number of halogens is 2. The van der Waals surface area contributed by atoms with Crippen LogP contribution in [0.5, 0.6) is 5.75 Å². The van der Waals surface area contributed by atoms with Gasteiger partial charge >= 0.3 is 0 Å². The van der Waals surface area contributed by atoms with Crippen molar-refractivity contribution < 1.29 is 13.2 Å². The predicted molar refractivity (Wildman–Crippen MR) is 123 cm³/mol. The summed E-state index contributed by atoms with van der Waals surface area (Å²) >= 11 is 3.47. The van der Waals surface area contributed by atoms with E-state index in [1.54, 1.807) is 25.4 Å². The van der Waals surface area contributed by atoms with Crippen LogP contribution < -0.4 is 15.4 Å². The molecule has 7 nitrogen and oxygen atoms in total. The van der Waals surface area contributed by atoms with Crippen LogP contribution in [-0.2, 0) is 16.6 Å². The summed E-state index contributed by atoms with van der Waals surface area (Å²) in [4.78, 5) is 4.27. The lowest BCUT2D eigenvalue weighted by atomic mass is 10.1. The molecule has 1 saturated heterocycles. The number of benzene rings is 1. The number of sulfonamides is 1. The number of hydrogen-bond donors (Lipinski definition) is 2. The molecule has 1 aromatic rings. The fourth-order valence-electron chi connectivity index (χ4n) is 2.91. The Morgan fingerprint density at radius 3 is 2.59 bits per heavy atom. The Hall–Kier alpha value is -0.590. The molecule has 0 spiro atoms. The van der Waals surface area contributed by atoms with Crippen molar-refractivity contribution in [3.63, 3.8) is 0 Å². The average Bonchev–Trinajstić information content (AvgIpc) is 2.65. The molecule has 2 N–H and O–H groups in total. The Morgan fingerprint density at radius 2 is 2.04 bits per heavy atom. The fourth-order valence-corrected chi connectivity index (χ4v) is 4.45. The Labute approximate surface area is 187 Å². The molecule has 10 heteroatoms. The van der Waals surface area contributed by atoms with Gasteiger partial charge in [0.25, 0.3) is 0 Å². The topological polar surface area (TPSA) is 83.0 Å². The maximum atomic E-state index is 11.9. The minimum Gasteiger partial charge on any atom is -0.496 e. The smallest absolute Gasteiger partial charge is 0.213 e. The van der Waals surface area contributed by atoms with E-state index in [0.717, 1.165) is 28.6 Å². The van der Waals surface area contributed by atoms with E-state index >= 15 is 0 Å². The van der Waals surface area contributed by atoms with Crippen LogP contribution in [0.2, 0.25) is 0 Å². The van der Waals surface area contributed by atoms with Crippen molar-refractivity contribution in [3.05, 3.63) is 28.2 Å². The summed E-state index contributed by atoms with van der Waals surface area (Å²) in [6.07, 6.45) is 1.53. The standard InChI is InChI=1S/C17H27BrN4O3S.HI/c1-4-26(23,24)22-9-7-15(8-10-22)21-17(19-2)20-12-13-11-14(18)5-6-16(13)25-3;/h5-6,11,15H,4,7-10,12H2,1-3H3,(H2,19,20,21);1H. The van der Waals surface area contributed by atoms with Gasteiger partial charge in [-0.15, -0.1) is 24.0 Å². The molecule has 0 radical (unpaired) electrons. The SMILES string of the molecule is CCS(=O)(=O)N1CCC(NC(=NC)NCc2cc(Br)ccc2OC)CC1.I. The van der Waals surface area contributed by atoms with E-state index in [0.29, 0.717) is 25.6 Å². The number of aliphatic imine (C=N–C) groups is 1. The molecule has 1 heterocycles. The minimum absolute atomic E-state index is 0. The molecule has 0 aromatic heterocycles. The first-order chi connectivity index (χ1) is 12.4. The molecule has 27 heavy (non-hydrogen) atoms. The summed E-state index contributed by atoms with van der Waals surface area (Å²) in [5, 5.41) is 6.68. The molecule has 0 atom stereocenters. The maximum absolute atomic E-state index is 11.9. The Bertz CT molecular complexity index is 738. The van der Waals surface area contributed by atoms with Crippen LogP contribution in [-0.4, -0.2) is 57.7 Å². The Morgan fingerprint density at radius 1 is 1.37 bits per heavy atom. The highest BCUT2D eigenvalue weighted by molar-refractivity contribution is 14.0. The summed E-state index contributed by atoms with van der Waals surface area (Å²) in [6, 6.07) is 6.07. The predicted octanol–water partition coefficient (Wildman–Crippen LogP) is 2.55. The highest BCUT2D eigenvalue weighted by Gasteiger charge is 2.27. The fraction of sp³-hybridized carbons (Fsp3) is 0.588. The van der Waals surface area contributed by atoms with Gasteiger partial charge in [0.15, 0.2) is 5.96 Å². The lowest BCUT2D eigenvalue weighted by molar-refractivity contribution is 0.306. The van der Waals surface area contributed by atoms with Crippen LogP contribution in [0, 0.1) is 0 Å². The second kappa shape index (κ2) is 11.4. The molecule has 2 rings (SSSR count). The number of piperidine rings is 1. The first-order valence-electron chi connectivity index (χ1n) is 8.67. The second-order valence-electron chi connectivity index (χ2n) is 6.10. The normalized spacial score (nSPS) is 16.5. The van der Waals surface area contributed by atoms with Crippen molar-refractivity contribution in [1.82, 2.24) is 14.9 Å². The second-order valence-corrected chi connectivity index (χ2v) is 9.27. The zero-order valence-corrected chi connectivity index (χ0v) is 20.6. The van der Waals surface area contributed by atoms with Crippen molar-refractivity contribution in [2.45, 2.75) is 32.4 Å². The largest absolute Gasteiger partial charge is 0.496 e.